The quantitative estimate of drug-likeness (QED) is 0.829. The lowest BCUT2D eigenvalue weighted by Gasteiger charge is -2.10. The van der Waals surface area contributed by atoms with Gasteiger partial charge in [0.2, 0.25) is 0 Å². The van der Waals surface area contributed by atoms with E-state index in [0.29, 0.717) is 11.4 Å². The first-order chi connectivity index (χ1) is 10.1. The van der Waals surface area contributed by atoms with Crippen LogP contribution in [0.1, 0.15) is 18.1 Å². The van der Waals surface area contributed by atoms with Gasteiger partial charge in [-0.3, -0.25) is 4.79 Å². The standard InChI is InChI=1S/C17H20N2O2/c1-3-13-5-4-6-15(10-13)21-11-17(20)19-16-8-7-14(18)9-12(16)2/h4-10H,3,11,18H2,1-2H3,(H,19,20). The average molecular weight is 284 g/mol. The fourth-order valence-electron chi connectivity index (χ4n) is 2.02. The molecule has 2 aromatic carbocycles. The monoisotopic (exact) mass is 284 g/mol. The molecule has 21 heavy (non-hydrogen) atoms. The molecule has 2 rings (SSSR count). The van der Waals surface area contributed by atoms with Gasteiger partial charge >= 0.3 is 0 Å². The Morgan fingerprint density at radius 3 is 2.76 bits per heavy atom. The zero-order valence-electron chi connectivity index (χ0n) is 12.3. The molecule has 0 radical (unpaired) electrons. The molecule has 0 fully saturated rings. The lowest BCUT2D eigenvalue weighted by atomic mass is 10.2. The second kappa shape index (κ2) is 6.79. The van der Waals surface area contributed by atoms with Gasteiger partial charge in [0.25, 0.3) is 5.91 Å². The number of hydrogen-bond donors (Lipinski definition) is 2. The fourth-order valence-corrected chi connectivity index (χ4v) is 2.02. The molecule has 0 spiro atoms. The van der Waals surface area contributed by atoms with Crippen molar-refractivity contribution in [3.8, 4) is 5.75 Å². The van der Waals surface area contributed by atoms with Gasteiger partial charge in [0.1, 0.15) is 5.75 Å². The predicted octanol–water partition coefficient (Wildman–Crippen LogP) is 3.16. The second-order valence-corrected chi connectivity index (χ2v) is 4.91. The van der Waals surface area contributed by atoms with Gasteiger partial charge in [-0.2, -0.15) is 0 Å². The summed E-state index contributed by atoms with van der Waals surface area (Å²) in [6, 6.07) is 13.1. The van der Waals surface area contributed by atoms with Crippen molar-refractivity contribution in [3.63, 3.8) is 0 Å². The molecule has 110 valence electrons. The zero-order valence-corrected chi connectivity index (χ0v) is 12.3. The molecule has 0 aliphatic rings. The summed E-state index contributed by atoms with van der Waals surface area (Å²) in [7, 11) is 0. The number of amides is 1. The third-order valence-corrected chi connectivity index (χ3v) is 3.20. The molecule has 0 aromatic heterocycles. The van der Waals surface area contributed by atoms with Crippen molar-refractivity contribution in [2.24, 2.45) is 0 Å². The van der Waals surface area contributed by atoms with Crippen LogP contribution in [0.2, 0.25) is 0 Å². The number of anilines is 2. The van der Waals surface area contributed by atoms with Crippen molar-refractivity contribution in [1.82, 2.24) is 0 Å². The molecule has 4 heteroatoms. The van der Waals surface area contributed by atoms with E-state index in [2.05, 4.69) is 12.2 Å². The van der Waals surface area contributed by atoms with Crippen molar-refractivity contribution < 1.29 is 9.53 Å². The summed E-state index contributed by atoms with van der Waals surface area (Å²) in [4.78, 5) is 11.9. The number of benzene rings is 2. The number of carbonyl (C=O) groups is 1. The highest BCUT2D eigenvalue weighted by molar-refractivity contribution is 5.92. The lowest BCUT2D eigenvalue weighted by Crippen LogP contribution is -2.20. The Morgan fingerprint density at radius 2 is 2.05 bits per heavy atom. The van der Waals surface area contributed by atoms with Crippen molar-refractivity contribution in [1.29, 1.82) is 0 Å². The van der Waals surface area contributed by atoms with Crippen molar-refractivity contribution in [2.45, 2.75) is 20.3 Å². The number of nitrogens with two attached hydrogens (primary N) is 1. The topological polar surface area (TPSA) is 64.3 Å². The summed E-state index contributed by atoms with van der Waals surface area (Å²) < 4.78 is 5.51. The number of nitrogen functional groups attached to an aromatic ring is 1. The summed E-state index contributed by atoms with van der Waals surface area (Å²) >= 11 is 0. The van der Waals surface area contributed by atoms with Gasteiger partial charge in [-0.25, -0.2) is 0 Å². The first-order valence-electron chi connectivity index (χ1n) is 6.96. The summed E-state index contributed by atoms with van der Waals surface area (Å²) in [5.41, 5.74) is 9.22. The highest BCUT2D eigenvalue weighted by Crippen LogP contribution is 2.18. The smallest absolute Gasteiger partial charge is 0.262 e. The molecule has 0 heterocycles. The van der Waals surface area contributed by atoms with Crippen molar-refractivity contribution in [2.75, 3.05) is 17.7 Å². The van der Waals surface area contributed by atoms with Crippen LogP contribution in [0.4, 0.5) is 11.4 Å². The van der Waals surface area contributed by atoms with E-state index in [1.807, 2.05) is 37.3 Å². The molecule has 0 bridgehead atoms. The Balaban J connectivity index is 1.92. The molecule has 0 saturated carbocycles. The van der Waals surface area contributed by atoms with Crippen LogP contribution in [-0.4, -0.2) is 12.5 Å². The maximum Gasteiger partial charge on any atom is 0.262 e. The number of rotatable bonds is 5. The maximum atomic E-state index is 11.9. The highest BCUT2D eigenvalue weighted by Gasteiger charge is 2.06. The molecule has 1 amide bonds. The minimum Gasteiger partial charge on any atom is -0.484 e. The predicted molar refractivity (Wildman–Crippen MR) is 85.5 cm³/mol. The van der Waals surface area contributed by atoms with Gasteiger partial charge in [0.15, 0.2) is 6.61 Å². The molecular weight excluding hydrogens is 264 g/mol. The number of ether oxygens (including phenoxy) is 1. The largest absolute Gasteiger partial charge is 0.484 e. The summed E-state index contributed by atoms with van der Waals surface area (Å²) in [6.45, 7) is 3.96. The van der Waals surface area contributed by atoms with Crippen LogP contribution in [0.3, 0.4) is 0 Å². The van der Waals surface area contributed by atoms with E-state index >= 15 is 0 Å². The van der Waals surface area contributed by atoms with Gasteiger partial charge in [-0.1, -0.05) is 19.1 Å². The maximum absolute atomic E-state index is 11.9. The van der Waals surface area contributed by atoms with Crippen LogP contribution in [0.25, 0.3) is 0 Å². The SMILES string of the molecule is CCc1cccc(OCC(=O)Nc2ccc(N)cc2C)c1. The van der Waals surface area contributed by atoms with Gasteiger partial charge in [-0.05, 0) is 54.8 Å². The number of carbonyl (C=O) groups excluding carboxylic acids is 1. The third-order valence-electron chi connectivity index (χ3n) is 3.20. The van der Waals surface area contributed by atoms with E-state index < -0.39 is 0 Å². The molecule has 2 aromatic rings. The van der Waals surface area contributed by atoms with Crippen LogP contribution in [0, 0.1) is 6.92 Å². The molecule has 3 N–H and O–H groups in total. The Morgan fingerprint density at radius 1 is 1.24 bits per heavy atom. The third kappa shape index (κ3) is 4.24. The van der Waals surface area contributed by atoms with Gasteiger partial charge < -0.3 is 15.8 Å². The van der Waals surface area contributed by atoms with Gasteiger partial charge in [0.05, 0.1) is 0 Å². The summed E-state index contributed by atoms with van der Waals surface area (Å²) in [6.07, 6.45) is 0.939. The van der Waals surface area contributed by atoms with Gasteiger partial charge in [-0.15, -0.1) is 0 Å². The molecular formula is C17H20N2O2. The molecule has 0 aliphatic heterocycles. The van der Waals surface area contributed by atoms with Crippen LogP contribution in [0.15, 0.2) is 42.5 Å². The number of nitrogens with one attached hydrogen (secondary N) is 1. The summed E-state index contributed by atoms with van der Waals surface area (Å²) in [5.74, 6) is 0.517. The van der Waals surface area contributed by atoms with Crippen LogP contribution < -0.4 is 15.8 Å². The van der Waals surface area contributed by atoms with E-state index in [1.54, 1.807) is 12.1 Å². The summed E-state index contributed by atoms with van der Waals surface area (Å²) in [5, 5.41) is 2.82. The first kappa shape index (κ1) is 14.9. The van der Waals surface area contributed by atoms with Crippen molar-refractivity contribution >= 4 is 17.3 Å². The molecule has 0 saturated heterocycles. The molecule has 4 nitrogen and oxygen atoms in total. The molecule has 0 aliphatic carbocycles. The van der Waals surface area contributed by atoms with Crippen molar-refractivity contribution in [3.05, 3.63) is 53.6 Å². The van der Waals surface area contributed by atoms with E-state index in [0.717, 1.165) is 17.7 Å². The second-order valence-electron chi connectivity index (χ2n) is 4.91. The Kier molecular flexibility index (Phi) is 4.82. The first-order valence-corrected chi connectivity index (χ1v) is 6.96. The number of hydrogen-bond acceptors (Lipinski definition) is 3. The van der Waals surface area contributed by atoms with Crippen LogP contribution in [-0.2, 0) is 11.2 Å². The zero-order chi connectivity index (χ0) is 15.2. The van der Waals surface area contributed by atoms with E-state index in [1.165, 1.54) is 5.56 Å². The Labute approximate surface area is 124 Å². The van der Waals surface area contributed by atoms with Gasteiger partial charge in [0, 0.05) is 11.4 Å². The van der Waals surface area contributed by atoms with Crippen LogP contribution in [0.5, 0.6) is 5.75 Å². The minimum absolute atomic E-state index is 0.0169. The van der Waals surface area contributed by atoms with E-state index in [4.69, 9.17) is 10.5 Å². The Hall–Kier alpha value is -2.49. The average Bonchev–Trinajstić information content (AvgIpc) is 2.48. The van der Waals surface area contributed by atoms with Crippen LogP contribution >= 0.6 is 0 Å². The highest BCUT2D eigenvalue weighted by atomic mass is 16.5. The Bertz CT molecular complexity index is 638. The van der Waals surface area contributed by atoms with E-state index in [9.17, 15) is 4.79 Å². The molecule has 0 unspecified atom stereocenters. The number of aryl methyl sites for hydroxylation is 2. The normalized spacial score (nSPS) is 10.2. The lowest BCUT2D eigenvalue weighted by molar-refractivity contribution is -0.118. The van der Waals surface area contributed by atoms with E-state index in [-0.39, 0.29) is 12.5 Å². The minimum atomic E-state index is -0.190. The molecule has 0 atom stereocenters. The fraction of sp³-hybridized carbons (Fsp3) is 0.235.